The highest BCUT2D eigenvalue weighted by Crippen LogP contribution is 2.35. The van der Waals surface area contributed by atoms with Gasteiger partial charge in [-0.25, -0.2) is 0 Å². The number of rotatable bonds is 2. The molecule has 0 radical (unpaired) electrons. The summed E-state index contributed by atoms with van der Waals surface area (Å²) in [6.07, 6.45) is 0. The lowest BCUT2D eigenvalue weighted by Gasteiger charge is -2.19. The Bertz CT molecular complexity index is 783. The monoisotopic (exact) mass is 330 g/mol. The molecule has 0 spiro atoms. The second-order valence-corrected chi connectivity index (χ2v) is 6.59. The van der Waals surface area contributed by atoms with Crippen molar-refractivity contribution in [1.82, 2.24) is 4.98 Å². The molecule has 0 bridgehead atoms. The Morgan fingerprint density at radius 1 is 0.783 bits per heavy atom. The summed E-state index contributed by atoms with van der Waals surface area (Å²) < 4.78 is 0. The minimum absolute atomic E-state index is 0.0754. The van der Waals surface area contributed by atoms with Gasteiger partial charge in [0.2, 0.25) is 0 Å². The van der Waals surface area contributed by atoms with Crippen molar-refractivity contribution in [1.29, 1.82) is 0 Å². The lowest BCUT2D eigenvalue weighted by atomic mass is 9.88. The molecule has 0 saturated carbocycles. The first-order valence-corrected chi connectivity index (χ1v) is 8.01. The summed E-state index contributed by atoms with van der Waals surface area (Å²) in [7, 11) is 0. The van der Waals surface area contributed by atoms with Crippen LogP contribution in [0.2, 0.25) is 5.02 Å². The van der Waals surface area contributed by atoms with E-state index in [1.54, 1.807) is 0 Å². The second kappa shape index (κ2) is 5.97. The summed E-state index contributed by atoms with van der Waals surface area (Å²) >= 11 is 6.41. The number of anilines is 1. The number of carbonyl (C=O) groups excluding carboxylic acids is 1. The molecule has 0 fully saturated rings. The summed E-state index contributed by atoms with van der Waals surface area (Å²) in [6, 6.07) is 0. The molecule has 0 aliphatic carbocycles. The Morgan fingerprint density at radius 2 is 1.26 bits per heavy atom. The first-order valence-electron chi connectivity index (χ1n) is 7.63. The van der Waals surface area contributed by atoms with Gasteiger partial charge in [-0.3, -0.25) is 9.78 Å². The van der Waals surface area contributed by atoms with Gasteiger partial charge in [-0.05, 0) is 76.3 Å². The third kappa shape index (κ3) is 2.63. The molecule has 2 aromatic rings. The van der Waals surface area contributed by atoms with E-state index in [0.29, 0.717) is 21.8 Å². The third-order valence-electron chi connectivity index (χ3n) is 4.89. The zero-order valence-corrected chi connectivity index (χ0v) is 15.6. The topological polar surface area (TPSA) is 56.0 Å². The predicted molar refractivity (Wildman–Crippen MR) is 96.7 cm³/mol. The largest absolute Gasteiger partial charge is 0.398 e. The van der Waals surface area contributed by atoms with Crippen LogP contribution in [0.5, 0.6) is 0 Å². The van der Waals surface area contributed by atoms with Crippen LogP contribution in [0.4, 0.5) is 5.69 Å². The normalized spacial score (nSPS) is 11.0. The number of aryl methyl sites for hydroxylation is 2. The van der Waals surface area contributed by atoms with Crippen molar-refractivity contribution in [3.05, 3.63) is 55.4 Å². The molecular weight excluding hydrogens is 308 g/mol. The number of carbonyl (C=O) groups is 1. The SMILES string of the molecule is Cc1nc(C)c(C)c(C(=O)c2c(C)c(Cl)c(C)c(C)c2N)c1C. The van der Waals surface area contributed by atoms with Gasteiger partial charge in [0.05, 0.1) is 5.56 Å². The van der Waals surface area contributed by atoms with Crippen molar-refractivity contribution in [2.24, 2.45) is 0 Å². The molecular formula is C19H23ClN2O. The lowest BCUT2D eigenvalue weighted by Crippen LogP contribution is -2.15. The van der Waals surface area contributed by atoms with Gasteiger partial charge in [0.1, 0.15) is 0 Å². The Kier molecular flexibility index (Phi) is 4.54. The van der Waals surface area contributed by atoms with Crippen LogP contribution in [-0.2, 0) is 0 Å². The summed E-state index contributed by atoms with van der Waals surface area (Å²) in [5.74, 6) is -0.0754. The molecule has 2 N–H and O–H groups in total. The highest BCUT2D eigenvalue weighted by molar-refractivity contribution is 6.33. The van der Waals surface area contributed by atoms with Crippen LogP contribution >= 0.6 is 11.6 Å². The van der Waals surface area contributed by atoms with Crippen LogP contribution in [0.1, 0.15) is 55.1 Å². The summed E-state index contributed by atoms with van der Waals surface area (Å²) in [4.78, 5) is 17.8. The van der Waals surface area contributed by atoms with Gasteiger partial charge < -0.3 is 5.73 Å². The number of benzene rings is 1. The third-order valence-corrected chi connectivity index (χ3v) is 5.46. The number of aromatic nitrogens is 1. The Morgan fingerprint density at radius 3 is 1.74 bits per heavy atom. The lowest BCUT2D eigenvalue weighted by molar-refractivity contribution is 0.103. The number of pyridine rings is 1. The highest BCUT2D eigenvalue weighted by Gasteiger charge is 2.25. The minimum atomic E-state index is -0.0754. The van der Waals surface area contributed by atoms with Crippen LogP contribution in [0.3, 0.4) is 0 Å². The molecule has 4 heteroatoms. The van der Waals surface area contributed by atoms with E-state index < -0.39 is 0 Å². The van der Waals surface area contributed by atoms with Crippen LogP contribution in [0.25, 0.3) is 0 Å². The van der Waals surface area contributed by atoms with E-state index in [1.807, 2.05) is 48.5 Å². The molecule has 2 rings (SSSR count). The Labute approximate surface area is 142 Å². The molecule has 122 valence electrons. The number of halogens is 1. The second-order valence-electron chi connectivity index (χ2n) is 6.21. The van der Waals surface area contributed by atoms with Gasteiger partial charge in [0.25, 0.3) is 0 Å². The van der Waals surface area contributed by atoms with Crippen molar-refractivity contribution >= 4 is 23.1 Å². The van der Waals surface area contributed by atoms with Crippen molar-refractivity contribution < 1.29 is 4.79 Å². The van der Waals surface area contributed by atoms with Crippen molar-refractivity contribution in [3.8, 4) is 0 Å². The van der Waals surface area contributed by atoms with E-state index in [1.165, 1.54) is 0 Å². The predicted octanol–water partition coefficient (Wildman–Crippen LogP) is 4.71. The molecule has 23 heavy (non-hydrogen) atoms. The zero-order valence-electron chi connectivity index (χ0n) is 14.8. The van der Waals surface area contributed by atoms with E-state index >= 15 is 0 Å². The highest BCUT2D eigenvalue weighted by atomic mass is 35.5. The maximum absolute atomic E-state index is 13.3. The van der Waals surface area contributed by atoms with E-state index in [4.69, 9.17) is 17.3 Å². The average Bonchev–Trinajstić information content (AvgIpc) is 2.49. The van der Waals surface area contributed by atoms with Gasteiger partial charge in [0.15, 0.2) is 5.78 Å². The van der Waals surface area contributed by atoms with Gasteiger partial charge in [-0.2, -0.15) is 0 Å². The quantitative estimate of drug-likeness (QED) is 0.641. The first kappa shape index (κ1) is 17.5. The van der Waals surface area contributed by atoms with Crippen LogP contribution in [0, 0.1) is 48.5 Å². The summed E-state index contributed by atoms with van der Waals surface area (Å²) in [6.45, 7) is 13.4. The standard InChI is InChI=1S/C19H23ClN2O/c1-8-9(2)18(21)16(12(5)17(8)20)19(23)15-10(3)13(6)22-14(7)11(15)4/h21H2,1-7H3. The zero-order chi connectivity index (χ0) is 17.6. The van der Waals surface area contributed by atoms with E-state index in [9.17, 15) is 4.79 Å². The van der Waals surface area contributed by atoms with Crippen molar-refractivity contribution in [2.45, 2.75) is 48.5 Å². The van der Waals surface area contributed by atoms with E-state index in [2.05, 4.69) is 4.98 Å². The Hall–Kier alpha value is -1.87. The van der Waals surface area contributed by atoms with Gasteiger partial charge >= 0.3 is 0 Å². The van der Waals surface area contributed by atoms with Crippen LogP contribution in [0.15, 0.2) is 0 Å². The molecule has 0 aliphatic heterocycles. The van der Waals surface area contributed by atoms with Gasteiger partial charge in [-0.1, -0.05) is 11.6 Å². The average molecular weight is 331 g/mol. The molecule has 1 aromatic heterocycles. The van der Waals surface area contributed by atoms with Gasteiger partial charge in [0, 0.05) is 27.7 Å². The molecule has 0 saturated heterocycles. The number of ketones is 1. The van der Waals surface area contributed by atoms with E-state index in [0.717, 1.165) is 39.2 Å². The Balaban J connectivity index is 2.84. The molecule has 0 unspecified atom stereocenters. The van der Waals surface area contributed by atoms with Crippen LogP contribution < -0.4 is 5.73 Å². The van der Waals surface area contributed by atoms with Crippen molar-refractivity contribution in [3.63, 3.8) is 0 Å². The molecule has 0 amide bonds. The maximum Gasteiger partial charge on any atom is 0.196 e. The number of nitrogens with zero attached hydrogens (tertiary/aromatic N) is 1. The van der Waals surface area contributed by atoms with Gasteiger partial charge in [-0.15, -0.1) is 0 Å². The molecule has 0 aliphatic rings. The summed E-state index contributed by atoms with van der Waals surface area (Å²) in [5.41, 5.74) is 14.0. The fourth-order valence-electron chi connectivity index (χ4n) is 2.97. The maximum atomic E-state index is 13.3. The van der Waals surface area contributed by atoms with E-state index in [-0.39, 0.29) is 5.78 Å². The fraction of sp³-hybridized carbons (Fsp3) is 0.368. The van der Waals surface area contributed by atoms with Crippen LogP contribution in [-0.4, -0.2) is 10.8 Å². The first-order chi connectivity index (χ1) is 10.6. The number of hydrogen-bond acceptors (Lipinski definition) is 3. The fourth-order valence-corrected chi connectivity index (χ4v) is 3.20. The number of hydrogen-bond donors (Lipinski definition) is 1. The molecule has 3 nitrogen and oxygen atoms in total. The number of nitrogen functional groups attached to an aromatic ring is 1. The minimum Gasteiger partial charge on any atom is -0.398 e. The molecule has 0 atom stereocenters. The molecule has 1 heterocycles. The number of nitrogens with two attached hydrogens (primary N) is 1. The molecule has 1 aromatic carbocycles. The smallest absolute Gasteiger partial charge is 0.196 e. The summed E-state index contributed by atoms with van der Waals surface area (Å²) in [5, 5.41) is 0.609. The van der Waals surface area contributed by atoms with Crippen molar-refractivity contribution in [2.75, 3.05) is 5.73 Å².